The van der Waals surface area contributed by atoms with Crippen LogP contribution < -0.4 is 9.47 Å². The van der Waals surface area contributed by atoms with Crippen LogP contribution >= 0.6 is 26.6 Å². The Hall–Kier alpha value is -0.460. The first-order valence-electron chi connectivity index (χ1n) is 4.88. The Morgan fingerprint density at radius 1 is 1.35 bits per heavy atom. The van der Waals surface area contributed by atoms with Crippen molar-refractivity contribution in [3.8, 4) is 11.5 Å². The first-order chi connectivity index (χ1) is 7.88. The van der Waals surface area contributed by atoms with Crippen LogP contribution in [0.25, 0.3) is 0 Å². The first kappa shape index (κ1) is 13.0. The van der Waals surface area contributed by atoms with Gasteiger partial charge in [0.2, 0.25) is 9.05 Å². The molecule has 0 atom stereocenters. The zero-order valence-electron chi connectivity index (χ0n) is 9.00. The van der Waals surface area contributed by atoms with E-state index in [-0.39, 0.29) is 5.75 Å². The third-order valence-electron chi connectivity index (χ3n) is 2.45. The Kier molecular flexibility index (Phi) is 3.56. The summed E-state index contributed by atoms with van der Waals surface area (Å²) >= 11 is 3.33. The summed E-state index contributed by atoms with van der Waals surface area (Å²) in [6.45, 7) is 2.73. The van der Waals surface area contributed by atoms with Gasteiger partial charge in [-0.05, 0) is 40.0 Å². The molecule has 0 spiro atoms. The highest BCUT2D eigenvalue weighted by Crippen LogP contribution is 2.42. The molecule has 0 radical (unpaired) electrons. The Morgan fingerprint density at radius 2 is 1.94 bits per heavy atom. The van der Waals surface area contributed by atoms with E-state index >= 15 is 0 Å². The Morgan fingerprint density at radius 3 is 2.53 bits per heavy atom. The van der Waals surface area contributed by atoms with Crippen molar-refractivity contribution in [1.82, 2.24) is 0 Å². The maximum absolute atomic E-state index is 11.1. The van der Waals surface area contributed by atoms with Gasteiger partial charge in [0.1, 0.15) is 13.2 Å². The van der Waals surface area contributed by atoms with Crippen LogP contribution in [0.5, 0.6) is 11.5 Å². The lowest BCUT2D eigenvalue weighted by Gasteiger charge is -2.22. The van der Waals surface area contributed by atoms with Gasteiger partial charge in [-0.2, -0.15) is 0 Å². The summed E-state index contributed by atoms with van der Waals surface area (Å²) < 4.78 is 33.9. The summed E-state index contributed by atoms with van der Waals surface area (Å²) in [5, 5.41) is 0. The van der Waals surface area contributed by atoms with Crippen molar-refractivity contribution in [2.45, 2.75) is 12.7 Å². The predicted octanol–water partition coefficient (Wildman–Crippen LogP) is 2.60. The molecule has 17 heavy (non-hydrogen) atoms. The fourth-order valence-electron chi connectivity index (χ4n) is 1.68. The van der Waals surface area contributed by atoms with Gasteiger partial charge in [-0.1, -0.05) is 0 Å². The van der Waals surface area contributed by atoms with E-state index in [1.165, 1.54) is 0 Å². The molecule has 1 aromatic carbocycles. The molecule has 0 amide bonds. The molecule has 0 unspecified atom stereocenters. The van der Waals surface area contributed by atoms with Gasteiger partial charge >= 0.3 is 0 Å². The zero-order chi connectivity index (χ0) is 12.6. The second kappa shape index (κ2) is 4.66. The summed E-state index contributed by atoms with van der Waals surface area (Å²) in [6.07, 6.45) is 0. The highest BCUT2D eigenvalue weighted by atomic mass is 79.9. The molecule has 2 rings (SSSR count). The van der Waals surface area contributed by atoms with Crippen molar-refractivity contribution in [3.63, 3.8) is 0 Å². The second-order valence-corrected chi connectivity index (χ2v) is 7.31. The maximum atomic E-state index is 11.1. The van der Waals surface area contributed by atoms with Crippen LogP contribution in [-0.2, 0) is 14.8 Å². The SMILES string of the molecule is Cc1c(CS(=O)(=O)Cl)cc(Br)c2c1OCCO2. The summed E-state index contributed by atoms with van der Waals surface area (Å²) in [5.41, 5.74) is 1.35. The molecule has 0 saturated carbocycles. The Balaban J connectivity index is 2.52. The van der Waals surface area contributed by atoms with Gasteiger partial charge in [-0.15, -0.1) is 0 Å². The number of hydrogen-bond acceptors (Lipinski definition) is 4. The lowest BCUT2D eigenvalue weighted by molar-refractivity contribution is 0.169. The van der Waals surface area contributed by atoms with Crippen LogP contribution in [0.4, 0.5) is 0 Å². The largest absolute Gasteiger partial charge is 0.486 e. The Labute approximate surface area is 112 Å². The number of halogens is 2. The number of rotatable bonds is 2. The summed E-state index contributed by atoms with van der Waals surface area (Å²) in [5.74, 6) is 0.973. The molecular formula is C10H10BrClO4S. The molecule has 7 heteroatoms. The van der Waals surface area contributed by atoms with E-state index < -0.39 is 9.05 Å². The standard InChI is InChI=1S/C10H10BrClO4S/c1-6-7(5-17(12,13)14)4-8(11)10-9(6)15-2-3-16-10/h4H,2-3,5H2,1H3. The molecule has 1 aromatic rings. The number of ether oxygens (including phenoxy) is 2. The van der Waals surface area contributed by atoms with Crippen molar-refractivity contribution >= 4 is 35.7 Å². The monoisotopic (exact) mass is 340 g/mol. The van der Waals surface area contributed by atoms with Crippen molar-refractivity contribution in [2.75, 3.05) is 13.2 Å². The predicted molar refractivity (Wildman–Crippen MR) is 68.3 cm³/mol. The van der Waals surface area contributed by atoms with Crippen molar-refractivity contribution in [2.24, 2.45) is 0 Å². The maximum Gasteiger partial charge on any atom is 0.236 e. The topological polar surface area (TPSA) is 52.6 Å². The minimum absolute atomic E-state index is 0.227. The van der Waals surface area contributed by atoms with Crippen LogP contribution in [0.1, 0.15) is 11.1 Å². The van der Waals surface area contributed by atoms with E-state index in [2.05, 4.69) is 15.9 Å². The first-order valence-corrected chi connectivity index (χ1v) is 8.15. The molecule has 0 bridgehead atoms. The normalized spacial score (nSPS) is 14.8. The van der Waals surface area contributed by atoms with Crippen molar-refractivity contribution in [1.29, 1.82) is 0 Å². The van der Waals surface area contributed by atoms with Crippen LogP contribution in [0.2, 0.25) is 0 Å². The van der Waals surface area contributed by atoms with Crippen molar-refractivity contribution in [3.05, 3.63) is 21.7 Å². The minimum Gasteiger partial charge on any atom is -0.486 e. The molecule has 1 aliphatic heterocycles. The van der Waals surface area contributed by atoms with E-state index in [0.717, 1.165) is 5.56 Å². The van der Waals surface area contributed by atoms with Crippen LogP contribution in [0.15, 0.2) is 10.5 Å². The second-order valence-electron chi connectivity index (χ2n) is 3.68. The number of hydrogen-bond donors (Lipinski definition) is 0. The van der Waals surface area contributed by atoms with Gasteiger partial charge in [-0.25, -0.2) is 8.42 Å². The number of fused-ring (bicyclic) bond motifs is 1. The number of benzene rings is 1. The zero-order valence-corrected chi connectivity index (χ0v) is 12.2. The van der Waals surface area contributed by atoms with Crippen LogP contribution in [0.3, 0.4) is 0 Å². The quantitative estimate of drug-likeness (QED) is 0.776. The fourth-order valence-corrected chi connectivity index (χ4v) is 3.28. The van der Waals surface area contributed by atoms with E-state index in [1.807, 2.05) is 0 Å². The Bertz CT molecular complexity index is 556. The molecule has 0 saturated heterocycles. The molecule has 4 nitrogen and oxygen atoms in total. The minimum atomic E-state index is -3.59. The summed E-state index contributed by atoms with van der Waals surface area (Å²) in [7, 11) is 1.67. The van der Waals surface area contributed by atoms with Gasteiger partial charge in [0.05, 0.1) is 10.2 Å². The van der Waals surface area contributed by atoms with Crippen molar-refractivity contribution < 1.29 is 17.9 Å². The van der Waals surface area contributed by atoms with E-state index in [1.54, 1.807) is 13.0 Å². The molecule has 0 aromatic heterocycles. The van der Waals surface area contributed by atoms with Gasteiger partial charge in [0, 0.05) is 10.7 Å². The average molecular weight is 342 g/mol. The highest BCUT2D eigenvalue weighted by Gasteiger charge is 2.22. The van der Waals surface area contributed by atoms with Gasteiger partial charge in [-0.3, -0.25) is 0 Å². The molecule has 1 aliphatic rings. The highest BCUT2D eigenvalue weighted by molar-refractivity contribution is 9.10. The fraction of sp³-hybridized carbons (Fsp3) is 0.400. The molecule has 0 aliphatic carbocycles. The van der Waals surface area contributed by atoms with E-state index in [0.29, 0.717) is 34.7 Å². The van der Waals surface area contributed by atoms with Crippen LogP contribution in [-0.4, -0.2) is 21.6 Å². The molecular weight excluding hydrogens is 332 g/mol. The molecule has 94 valence electrons. The third-order valence-corrected chi connectivity index (χ3v) is 4.02. The summed E-state index contributed by atoms with van der Waals surface area (Å²) in [6, 6.07) is 1.70. The van der Waals surface area contributed by atoms with Crippen LogP contribution in [0, 0.1) is 6.92 Å². The van der Waals surface area contributed by atoms with Gasteiger partial charge in [0.25, 0.3) is 0 Å². The molecule has 0 fully saturated rings. The smallest absolute Gasteiger partial charge is 0.236 e. The van der Waals surface area contributed by atoms with Gasteiger partial charge < -0.3 is 9.47 Å². The van der Waals surface area contributed by atoms with E-state index in [9.17, 15) is 8.42 Å². The van der Waals surface area contributed by atoms with Gasteiger partial charge in [0.15, 0.2) is 11.5 Å². The molecule has 0 N–H and O–H groups in total. The average Bonchev–Trinajstić information content (AvgIpc) is 2.24. The lowest BCUT2D eigenvalue weighted by Crippen LogP contribution is -2.17. The molecule has 1 heterocycles. The third kappa shape index (κ3) is 2.86. The summed E-state index contributed by atoms with van der Waals surface area (Å²) in [4.78, 5) is 0. The lowest BCUT2D eigenvalue weighted by atomic mass is 10.1. The van der Waals surface area contributed by atoms with E-state index in [4.69, 9.17) is 20.2 Å².